The molecule has 0 saturated heterocycles. The largest absolute Gasteiger partial charge is 0.480 e. The summed E-state index contributed by atoms with van der Waals surface area (Å²) in [6.45, 7) is 5.45. The molecule has 0 fully saturated rings. The van der Waals surface area contributed by atoms with Gasteiger partial charge in [0.2, 0.25) is 10.0 Å². The predicted octanol–water partition coefficient (Wildman–Crippen LogP) is 2.54. The maximum Gasteiger partial charge on any atom is 0.321 e. The third kappa shape index (κ3) is 4.57. The Bertz CT molecular complexity index is 598. The van der Waals surface area contributed by atoms with E-state index in [1.807, 2.05) is 13.8 Å². The molecular weight excluding hydrogens is 346 g/mol. The Kier molecular flexibility index (Phi) is 5.73. The minimum absolute atomic E-state index is 0.0632. The van der Waals surface area contributed by atoms with Gasteiger partial charge in [0.1, 0.15) is 6.04 Å². The second-order valence-corrected chi connectivity index (χ2v) is 7.62. The van der Waals surface area contributed by atoms with Crippen LogP contribution >= 0.6 is 15.9 Å². The van der Waals surface area contributed by atoms with Crippen molar-refractivity contribution in [3.63, 3.8) is 0 Å². The van der Waals surface area contributed by atoms with Gasteiger partial charge in [-0.25, -0.2) is 8.42 Å². The first-order valence-electron chi connectivity index (χ1n) is 6.14. The third-order valence-corrected chi connectivity index (χ3v) is 5.10. The predicted molar refractivity (Wildman–Crippen MR) is 80.1 cm³/mol. The maximum atomic E-state index is 12.2. The van der Waals surface area contributed by atoms with Gasteiger partial charge < -0.3 is 5.11 Å². The minimum Gasteiger partial charge on any atom is -0.480 e. The fourth-order valence-corrected chi connectivity index (χ4v) is 3.24. The number of nitrogens with one attached hydrogen (secondary N) is 1. The molecule has 0 unspecified atom stereocenters. The lowest BCUT2D eigenvalue weighted by Gasteiger charge is -2.17. The lowest BCUT2D eigenvalue weighted by atomic mass is 10.1. The zero-order valence-corrected chi connectivity index (χ0v) is 14.0. The molecule has 0 spiro atoms. The molecule has 0 radical (unpaired) electrons. The van der Waals surface area contributed by atoms with Gasteiger partial charge in [-0.05, 0) is 43.0 Å². The van der Waals surface area contributed by atoms with E-state index in [1.165, 1.54) is 12.1 Å². The van der Waals surface area contributed by atoms with Crippen molar-refractivity contribution in [2.24, 2.45) is 5.92 Å². The van der Waals surface area contributed by atoms with Crippen LogP contribution in [-0.2, 0) is 14.8 Å². The molecule has 0 aliphatic rings. The zero-order chi connectivity index (χ0) is 15.5. The van der Waals surface area contributed by atoms with E-state index >= 15 is 0 Å². The summed E-state index contributed by atoms with van der Waals surface area (Å²) in [5.74, 6) is -1.10. The first-order valence-corrected chi connectivity index (χ1v) is 8.42. The van der Waals surface area contributed by atoms with Gasteiger partial charge in [-0.15, -0.1) is 0 Å². The quantitative estimate of drug-likeness (QED) is 0.813. The smallest absolute Gasteiger partial charge is 0.321 e. The van der Waals surface area contributed by atoms with Gasteiger partial charge in [-0.2, -0.15) is 4.72 Å². The summed E-state index contributed by atoms with van der Waals surface area (Å²) in [6.07, 6.45) is 0.240. The standard InChI is InChI=1S/C13H18BrNO4S/c1-8(2)6-12(13(16)17)15-20(18,19)10-4-5-11(14)9(3)7-10/h4-5,7-8,12,15H,6H2,1-3H3,(H,16,17)/t12-/m0/s1. The molecule has 112 valence electrons. The summed E-state index contributed by atoms with van der Waals surface area (Å²) < 4.78 is 27.4. The van der Waals surface area contributed by atoms with Crippen LogP contribution in [0, 0.1) is 12.8 Å². The van der Waals surface area contributed by atoms with Gasteiger partial charge in [0.05, 0.1) is 4.90 Å². The van der Waals surface area contributed by atoms with Crippen LogP contribution in [0.3, 0.4) is 0 Å². The van der Waals surface area contributed by atoms with Crippen LogP contribution in [0.15, 0.2) is 27.6 Å². The normalized spacial score (nSPS) is 13.4. The number of halogens is 1. The number of carboxylic acid groups (broad SMARTS) is 1. The van der Waals surface area contributed by atoms with Gasteiger partial charge in [0.25, 0.3) is 0 Å². The summed E-state index contributed by atoms with van der Waals surface area (Å²) in [5, 5.41) is 9.10. The molecule has 0 aromatic heterocycles. The Labute approximate surface area is 127 Å². The molecule has 0 bridgehead atoms. The summed E-state index contributed by atoms with van der Waals surface area (Å²) in [5.41, 5.74) is 0.767. The van der Waals surface area contributed by atoms with Crippen molar-refractivity contribution in [1.82, 2.24) is 4.72 Å². The number of carbonyl (C=O) groups is 1. The number of hydrogen-bond acceptors (Lipinski definition) is 3. The van der Waals surface area contributed by atoms with Crippen molar-refractivity contribution in [3.8, 4) is 0 Å². The van der Waals surface area contributed by atoms with Crippen LogP contribution in [0.25, 0.3) is 0 Å². The van der Waals surface area contributed by atoms with Crippen molar-refractivity contribution in [2.75, 3.05) is 0 Å². The Balaban J connectivity index is 3.03. The van der Waals surface area contributed by atoms with Crippen molar-refractivity contribution in [3.05, 3.63) is 28.2 Å². The van der Waals surface area contributed by atoms with Crippen LogP contribution in [0.5, 0.6) is 0 Å². The van der Waals surface area contributed by atoms with Gasteiger partial charge in [-0.3, -0.25) is 4.79 Å². The lowest BCUT2D eigenvalue weighted by molar-refractivity contribution is -0.139. The second kappa shape index (κ2) is 6.69. The first kappa shape index (κ1) is 17.1. The fraction of sp³-hybridized carbons (Fsp3) is 0.462. The molecule has 20 heavy (non-hydrogen) atoms. The molecule has 0 amide bonds. The molecule has 1 rings (SSSR count). The molecule has 0 saturated carbocycles. The van der Waals surface area contributed by atoms with Crippen LogP contribution in [0.2, 0.25) is 0 Å². The number of benzene rings is 1. The van der Waals surface area contributed by atoms with E-state index in [-0.39, 0.29) is 17.2 Å². The summed E-state index contributed by atoms with van der Waals surface area (Å²) in [4.78, 5) is 11.2. The van der Waals surface area contributed by atoms with Crippen molar-refractivity contribution in [2.45, 2.75) is 38.1 Å². The molecule has 0 aliphatic heterocycles. The molecule has 1 aromatic rings. The van der Waals surface area contributed by atoms with E-state index < -0.39 is 22.0 Å². The molecule has 2 N–H and O–H groups in total. The monoisotopic (exact) mass is 363 g/mol. The minimum atomic E-state index is -3.84. The van der Waals surface area contributed by atoms with Gasteiger partial charge in [0, 0.05) is 4.47 Å². The molecule has 5 nitrogen and oxygen atoms in total. The van der Waals surface area contributed by atoms with Gasteiger partial charge >= 0.3 is 5.97 Å². The molecule has 7 heteroatoms. The number of sulfonamides is 1. The van der Waals surface area contributed by atoms with Crippen molar-refractivity contribution >= 4 is 31.9 Å². The van der Waals surface area contributed by atoms with Gasteiger partial charge in [0.15, 0.2) is 0 Å². The molecular formula is C13H18BrNO4S. The van der Waals surface area contributed by atoms with Crippen LogP contribution < -0.4 is 4.72 Å². The van der Waals surface area contributed by atoms with E-state index in [0.717, 1.165) is 10.0 Å². The SMILES string of the molecule is Cc1cc(S(=O)(=O)N[C@@H](CC(C)C)C(=O)O)ccc1Br. The highest BCUT2D eigenvalue weighted by Crippen LogP contribution is 2.20. The summed E-state index contributed by atoms with van der Waals surface area (Å²) in [7, 11) is -3.84. The average molecular weight is 364 g/mol. The van der Waals surface area contributed by atoms with Crippen LogP contribution in [0.1, 0.15) is 25.8 Å². The highest BCUT2D eigenvalue weighted by molar-refractivity contribution is 9.10. The molecule has 0 heterocycles. The number of rotatable bonds is 6. The number of aryl methyl sites for hydroxylation is 1. The van der Waals surface area contributed by atoms with E-state index in [2.05, 4.69) is 20.7 Å². The Hall–Kier alpha value is -0.920. The average Bonchev–Trinajstić information content (AvgIpc) is 2.30. The highest BCUT2D eigenvalue weighted by Gasteiger charge is 2.26. The number of hydrogen-bond donors (Lipinski definition) is 2. The topological polar surface area (TPSA) is 83.5 Å². The zero-order valence-electron chi connectivity index (χ0n) is 11.6. The van der Waals surface area contributed by atoms with Crippen molar-refractivity contribution < 1.29 is 18.3 Å². The van der Waals surface area contributed by atoms with Crippen molar-refractivity contribution in [1.29, 1.82) is 0 Å². The maximum absolute atomic E-state index is 12.2. The Morgan fingerprint density at radius 3 is 2.45 bits per heavy atom. The Morgan fingerprint density at radius 1 is 1.40 bits per heavy atom. The number of carboxylic acids is 1. The highest BCUT2D eigenvalue weighted by atomic mass is 79.9. The summed E-state index contributed by atoms with van der Waals surface area (Å²) in [6, 6.07) is 3.44. The van der Waals surface area contributed by atoms with Crippen LogP contribution in [0.4, 0.5) is 0 Å². The van der Waals surface area contributed by atoms with Crippen LogP contribution in [-0.4, -0.2) is 25.5 Å². The van der Waals surface area contributed by atoms with E-state index in [0.29, 0.717) is 0 Å². The second-order valence-electron chi connectivity index (χ2n) is 5.05. The number of aliphatic carboxylic acids is 1. The van der Waals surface area contributed by atoms with E-state index in [1.54, 1.807) is 13.0 Å². The van der Waals surface area contributed by atoms with E-state index in [9.17, 15) is 13.2 Å². The summed E-state index contributed by atoms with van der Waals surface area (Å²) >= 11 is 3.29. The molecule has 1 aromatic carbocycles. The first-order chi connectivity index (χ1) is 9.13. The van der Waals surface area contributed by atoms with Gasteiger partial charge in [-0.1, -0.05) is 29.8 Å². The molecule has 1 atom stereocenters. The molecule has 0 aliphatic carbocycles. The Morgan fingerprint density at radius 2 is 2.00 bits per heavy atom. The fourth-order valence-electron chi connectivity index (χ4n) is 1.71. The third-order valence-electron chi connectivity index (χ3n) is 2.74. The van der Waals surface area contributed by atoms with E-state index in [4.69, 9.17) is 5.11 Å². The lowest BCUT2D eigenvalue weighted by Crippen LogP contribution is -2.41.